The van der Waals surface area contributed by atoms with Crippen molar-refractivity contribution in [1.29, 1.82) is 0 Å². The summed E-state index contributed by atoms with van der Waals surface area (Å²) in [6.07, 6.45) is 1.75. The molecule has 4 aromatic rings. The first-order valence-corrected chi connectivity index (χ1v) is 8.38. The van der Waals surface area contributed by atoms with Gasteiger partial charge in [0.2, 0.25) is 0 Å². The Morgan fingerprint density at radius 1 is 1.29 bits per heavy atom. The minimum atomic E-state index is -0.316. The highest BCUT2D eigenvalue weighted by atomic mass is 32.1. The molecule has 0 saturated carbocycles. The van der Waals surface area contributed by atoms with Crippen molar-refractivity contribution >= 4 is 38.4 Å². The summed E-state index contributed by atoms with van der Waals surface area (Å²) in [5.41, 5.74) is 2.69. The van der Waals surface area contributed by atoms with Crippen LogP contribution < -0.4 is 0 Å². The van der Waals surface area contributed by atoms with Gasteiger partial charge in [-0.3, -0.25) is 9.67 Å². The van der Waals surface area contributed by atoms with E-state index in [-0.39, 0.29) is 12.6 Å². The zero-order valence-corrected chi connectivity index (χ0v) is 14.1. The second-order valence-corrected chi connectivity index (χ2v) is 6.64. The molecule has 4 rings (SSSR count). The Bertz CT molecular complexity index is 1020. The van der Waals surface area contributed by atoms with Crippen molar-refractivity contribution in [2.45, 2.75) is 13.5 Å². The van der Waals surface area contributed by atoms with Gasteiger partial charge in [-0.25, -0.2) is 4.79 Å². The Morgan fingerprint density at radius 2 is 2.12 bits per heavy atom. The van der Waals surface area contributed by atoms with Crippen LogP contribution in [0.2, 0.25) is 0 Å². The van der Waals surface area contributed by atoms with Crippen LogP contribution in [0.15, 0.2) is 42.6 Å². The molecule has 5 nitrogen and oxygen atoms in total. The highest BCUT2D eigenvalue weighted by Gasteiger charge is 2.16. The summed E-state index contributed by atoms with van der Waals surface area (Å²) >= 11 is 1.40. The van der Waals surface area contributed by atoms with E-state index in [9.17, 15) is 4.79 Å². The molecule has 24 heavy (non-hydrogen) atoms. The first kappa shape index (κ1) is 14.8. The Morgan fingerprint density at radius 3 is 2.96 bits per heavy atom. The average Bonchev–Trinajstić information content (AvgIpc) is 3.15. The third-order valence-electron chi connectivity index (χ3n) is 3.97. The Balaban J connectivity index is 1.58. The fourth-order valence-electron chi connectivity index (χ4n) is 2.80. The molecule has 0 amide bonds. The van der Waals surface area contributed by atoms with Crippen molar-refractivity contribution in [2.75, 3.05) is 0 Å². The lowest BCUT2D eigenvalue weighted by atomic mass is 10.1. The number of fused-ring (bicyclic) bond motifs is 2. The minimum absolute atomic E-state index is 0.207. The maximum atomic E-state index is 12.4. The number of aromatic nitrogens is 3. The van der Waals surface area contributed by atoms with Crippen molar-refractivity contribution in [3.05, 3.63) is 58.7 Å². The second kappa shape index (κ2) is 5.72. The molecule has 3 heterocycles. The van der Waals surface area contributed by atoms with Crippen molar-refractivity contribution in [1.82, 2.24) is 14.8 Å². The minimum Gasteiger partial charge on any atom is -0.457 e. The highest BCUT2D eigenvalue weighted by Crippen LogP contribution is 2.28. The van der Waals surface area contributed by atoms with Crippen LogP contribution in [0.3, 0.4) is 0 Å². The summed E-state index contributed by atoms with van der Waals surface area (Å²) in [7, 11) is 1.88. The van der Waals surface area contributed by atoms with Gasteiger partial charge < -0.3 is 4.74 Å². The lowest BCUT2D eigenvalue weighted by molar-refractivity contribution is 0.0480. The molecular formula is C18H15N3O2S. The molecule has 6 heteroatoms. The van der Waals surface area contributed by atoms with E-state index >= 15 is 0 Å². The number of esters is 1. The van der Waals surface area contributed by atoms with Gasteiger partial charge >= 0.3 is 5.97 Å². The van der Waals surface area contributed by atoms with E-state index in [4.69, 9.17) is 4.74 Å². The lowest BCUT2D eigenvalue weighted by Crippen LogP contribution is -2.04. The molecule has 0 bridgehead atoms. The molecule has 3 aromatic heterocycles. The third-order valence-corrected chi connectivity index (χ3v) is 5.15. The summed E-state index contributed by atoms with van der Waals surface area (Å²) in [4.78, 5) is 18.3. The van der Waals surface area contributed by atoms with Crippen molar-refractivity contribution in [3.63, 3.8) is 0 Å². The van der Waals surface area contributed by atoms with Crippen LogP contribution in [-0.2, 0) is 18.4 Å². The summed E-state index contributed by atoms with van der Waals surface area (Å²) in [6, 6.07) is 11.6. The van der Waals surface area contributed by atoms with E-state index in [0.717, 1.165) is 32.4 Å². The van der Waals surface area contributed by atoms with Gasteiger partial charge in [0.15, 0.2) is 0 Å². The number of pyridine rings is 1. The predicted octanol–water partition coefficient (Wildman–Crippen LogP) is 3.85. The number of nitrogens with zero attached hydrogens (tertiary/aromatic N) is 3. The van der Waals surface area contributed by atoms with Gasteiger partial charge in [0.25, 0.3) is 0 Å². The van der Waals surface area contributed by atoms with E-state index in [1.165, 1.54) is 11.3 Å². The van der Waals surface area contributed by atoms with Crippen LogP contribution in [0.25, 0.3) is 21.1 Å². The van der Waals surface area contributed by atoms with Crippen molar-refractivity contribution in [3.8, 4) is 0 Å². The topological polar surface area (TPSA) is 57.0 Å². The molecule has 0 aliphatic carbocycles. The fraction of sp³-hybridized carbons (Fsp3) is 0.167. The molecule has 0 spiro atoms. The van der Waals surface area contributed by atoms with Gasteiger partial charge in [-0.1, -0.05) is 24.3 Å². The summed E-state index contributed by atoms with van der Waals surface area (Å²) in [5, 5.41) is 6.38. The fourth-order valence-corrected chi connectivity index (χ4v) is 3.82. The van der Waals surface area contributed by atoms with E-state index in [1.54, 1.807) is 10.9 Å². The normalized spacial score (nSPS) is 11.2. The zero-order chi connectivity index (χ0) is 16.7. The molecule has 0 aliphatic rings. The second-order valence-electron chi connectivity index (χ2n) is 5.61. The molecular weight excluding hydrogens is 322 g/mol. The molecule has 0 atom stereocenters. The van der Waals surface area contributed by atoms with E-state index in [2.05, 4.69) is 10.1 Å². The molecule has 0 unspecified atom stereocenters. The smallest absolute Gasteiger partial charge is 0.348 e. The molecule has 0 saturated heterocycles. The molecule has 0 N–H and O–H groups in total. The monoisotopic (exact) mass is 337 g/mol. The number of rotatable bonds is 3. The summed E-state index contributed by atoms with van der Waals surface area (Å²) in [5.74, 6) is -0.316. The van der Waals surface area contributed by atoms with E-state index in [1.807, 2.05) is 50.4 Å². The quantitative estimate of drug-likeness (QED) is 0.533. The average molecular weight is 337 g/mol. The van der Waals surface area contributed by atoms with Crippen LogP contribution in [0.4, 0.5) is 0 Å². The van der Waals surface area contributed by atoms with Gasteiger partial charge in [0.1, 0.15) is 16.3 Å². The molecule has 0 radical (unpaired) electrons. The van der Waals surface area contributed by atoms with Crippen molar-refractivity contribution < 1.29 is 9.53 Å². The summed E-state index contributed by atoms with van der Waals surface area (Å²) < 4.78 is 7.30. The van der Waals surface area contributed by atoms with E-state index in [0.29, 0.717) is 4.88 Å². The highest BCUT2D eigenvalue weighted by molar-refractivity contribution is 7.20. The van der Waals surface area contributed by atoms with Crippen LogP contribution in [0.5, 0.6) is 0 Å². The lowest BCUT2D eigenvalue weighted by Gasteiger charge is -2.06. The number of thiophene rings is 1. The van der Waals surface area contributed by atoms with Gasteiger partial charge in [-0.2, -0.15) is 5.10 Å². The standard InChI is InChI=1S/C18H15N3O2S/c1-11-14-9-15(24-17(14)21(2)20-11)18(22)23-10-13-6-3-5-12-7-4-8-19-16(12)13/h3-9H,10H2,1-2H3. The number of carbonyl (C=O) groups excluding carboxylic acids is 1. The molecule has 0 aliphatic heterocycles. The maximum absolute atomic E-state index is 12.4. The Hall–Kier alpha value is -2.73. The number of benzene rings is 1. The number of ether oxygens (including phenoxy) is 1. The predicted molar refractivity (Wildman–Crippen MR) is 94.2 cm³/mol. The van der Waals surface area contributed by atoms with Gasteiger partial charge in [0.05, 0.1) is 11.2 Å². The zero-order valence-electron chi connectivity index (χ0n) is 13.3. The Kier molecular flexibility index (Phi) is 3.54. The van der Waals surface area contributed by atoms with E-state index < -0.39 is 0 Å². The van der Waals surface area contributed by atoms with Crippen LogP contribution in [0.1, 0.15) is 20.9 Å². The Labute approximate surface area is 142 Å². The van der Waals surface area contributed by atoms with Crippen LogP contribution >= 0.6 is 11.3 Å². The number of hydrogen-bond acceptors (Lipinski definition) is 5. The number of hydrogen-bond donors (Lipinski definition) is 0. The van der Waals surface area contributed by atoms with Crippen molar-refractivity contribution in [2.24, 2.45) is 7.05 Å². The van der Waals surface area contributed by atoms with Crippen LogP contribution in [0, 0.1) is 6.92 Å². The molecule has 0 fully saturated rings. The number of carbonyl (C=O) groups is 1. The first-order chi connectivity index (χ1) is 11.6. The van der Waals surface area contributed by atoms with Gasteiger partial charge in [-0.15, -0.1) is 11.3 Å². The largest absolute Gasteiger partial charge is 0.457 e. The summed E-state index contributed by atoms with van der Waals surface area (Å²) in [6.45, 7) is 2.14. The SMILES string of the molecule is Cc1nn(C)c2sc(C(=O)OCc3cccc4cccnc34)cc12. The molecule has 1 aromatic carbocycles. The number of aryl methyl sites for hydroxylation is 2. The van der Waals surface area contributed by atoms with Crippen LogP contribution in [-0.4, -0.2) is 20.7 Å². The maximum Gasteiger partial charge on any atom is 0.348 e. The van der Waals surface area contributed by atoms with Gasteiger partial charge in [-0.05, 0) is 19.1 Å². The van der Waals surface area contributed by atoms with Gasteiger partial charge in [0, 0.05) is 29.6 Å². The third kappa shape index (κ3) is 2.45. The number of para-hydroxylation sites is 1. The first-order valence-electron chi connectivity index (χ1n) is 7.56. The molecule has 120 valence electrons.